The molecule has 0 aliphatic carbocycles. The van der Waals surface area contributed by atoms with Crippen LogP contribution in [0.1, 0.15) is 35.7 Å². The number of piperidine rings is 1. The van der Waals surface area contributed by atoms with Gasteiger partial charge in [-0.15, -0.1) is 0 Å². The highest BCUT2D eigenvalue weighted by molar-refractivity contribution is 5.94. The van der Waals surface area contributed by atoms with E-state index in [2.05, 4.69) is 22.1 Å². The Hall–Kier alpha value is -2.36. The number of anilines is 1. The maximum atomic E-state index is 12.3. The second-order valence-corrected chi connectivity index (χ2v) is 6.27. The Morgan fingerprint density at radius 1 is 1.22 bits per heavy atom. The third kappa shape index (κ3) is 4.09. The fraction of sp³-hybridized carbons (Fsp3) is 0.368. The Balaban J connectivity index is 1.63. The van der Waals surface area contributed by atoms with Crippen LogP contribution in [0.25, 0.3) is 0 Å². The fourth-order valence-corrected chi connectivity index (χ4v) is 2.87. The molecule has 0 spiro atoms. The van der Waals surface area contributed by atoms with Gasteiger partial charge in [0.25, 0.3) is 5.91 Å². The van der Waals surface area contributed by atoms with Gasteiger partial charge in [-0.1, -0.05) is 37.3 Å². The number of amides is 1. The summed E-state index contributed by atoms with van der Waals surface area (Å²) in [6.45, 7) is 4.91. The van der Waals surface area contributed by atoms with Crippen molar-refractivity contribution in [2.75, 3.05) is 18.0 Å². The molecule has 1 N–H and O–H groups in total. The van der Waals surface area contributed by atoms with E-state index in [1.165, 1.54) is 12.8 Å². The maximum absolute atomic E-state index is 12.3. The van der Waals surface area contributed by atoms with Crippen LogP contribution in [-0.2, 0) is 6.54 Å². The predicted molar refractivity (Wildman–Crippen MR) is 92.5 cm³/mol. The molecule has 1 aliphatic rings. The van der Waals surface area contributed by atoms with Gasteiger partial charge in [0.1, 0.15) is 0 Å². The Kier molecular flexibility index (Phi) is 4.91. The number of nitrogens with one attached hydrogen (secondary N) is 1. The zero-order valence-electron chi connectivity index (χ0n) is 13.5. The number of benzene rings is 1. The minimum absolute atomic E-state index is 0.0754. The van der Waals surface area contributed by atoms with Gasteiger partial charge in [-0.2, -0.15) is 0 Å². The number of rotatable bonds is 4. The van der Waals surface area contributed by atoms with Gasteiger partial charge >= 0.3 is 0 Å². The van der Waals surface area contributed by atoms with E-state index in [9.17, 15) is 4.79 Å². The monoisotopic (exact) mass is 309 g/mol. The fourth-order valence-electron chi connectivity index (χ4n) is 2.87. The average Bonchev–Trinajstić information content (AvgIpc) is 2.61. The third-order valence-electron chi connectivity index (χ3n) is 4.43. The van der Waals surface area contributed by atoms with E-state index in [4.69, 9.17) is 0 Å². The molecule has 0 unspecified atom stereocenters. The van der Waals surface area contributed by atoms with Crippen LogP contribution in [0, 0.1) is 5.92 Å². The summed E-state index contributed by atoms with van der Waals surface area (Å²) >= 11 is 0. The SMILES string of the molecule is CC1CCN(c2cncc(C(=O)NCc3ccccc3)c2)CC1. The van der Waals surface area contributed by atoms with Crippen molar-refractivity contribution in [3.8, 4) is 0 Å². The average molecular weight is 309 g/mol. The lowest BCUT2D eigenvalue weighted by molar-refractivity contribution is 0.0950. The van der Waals surface area contributed by atoms with Crippen molar-refractivity contribution in [1.29, 1.82) is 0 Å². The highest BCUT2D eigenvalue weighted by atomic mass is 16.1. The normalized spacial score (nSPS) is 15.4. The lowest BCUT2D eigenvalue weighted by Gasteiger charge is -2.32. The molecule has 1 aromatic heterocycles. The zero-order valence-corrected chi connectivity index (χ0v) is 13.5. The van der Waals surface area contributed by atoms with Gasteiger partial charge in [0.2, 0.25) is 0 Å². The molecular weight excluding hydrogens is 286 g/mol. The molecule has 0 atom stereocenters. The number of nitrogens with zero attached hydrogens (tertiary/aromatic N) is 2. The first-order valence-electron chi connectivity index (χ1n) is 8.24. The van der Waals surface area contributed by atoms with Crippen molar-refractivity contribution in [2.24, 2.45) is 5.92 Å². The van der Waals surface area contributed by atoms with E-state index in [1.807, 2.05) is 42.6 Å². The van der Waals surface area contributed by atoms with Gasteiger partial charge in [-0.25, -0.2) is 0 Å². The van der Waals surface area contributed by atoms with E-state index in [0.29, 0.717) is 12.1 Å². The Morgan fingerprint density at radius 2 is 1.96 bits per heavy atom. The molecule has 1 saturated heterocycles. The summed E-state index contributed by atoms with van der Waals surface area (Å²) in [4.78, 5) is 18.9. The molecule has 1 amide bonds. The van der Waals surface area contributed by atoms with Gasteiger partial charge < -0.3 is 10.2 Å². The van der Waals surface area contributed by atoms with E-state index in [-0.39, 0.29) is 5.91 Å². The molecule has 4 nitrogen and oxygen atoms in total. The lowest BCUT2D eigenvalue weighted by atomic mass is 9.99. The quantitative estimate of drug-likeness (QED) is 0.943. The van der Waals surface area contributed by atoms with Crippen LogP contribution in [0.5, 0.6) is 0 Å². The molecule has 23 heavy (non-hydrogen) atoms. The highest BCUT2D eigenvalue weighted by Gasteiger charge is 2.17. The number of carbonyl (C=O) groups is 1. The van der Waals surface area contributed by atoms with Crippen LogP contribution in [0.2, 0.25) is 0 Å². The van der Waals surface area contributed by atoms with Crippen molar-refractivity contribution in [1.82, 2.24) is 10.3 Å². The predicted octanol–water partition coefficient (Wildman–Crippen LogP) is 3.25. The number of carbonyl (C=O) groups excluding carboxylic acids is 1. The maximum Gasteiger partial charge on any atom is 0.253 e. The molecule has 0 radical (unpaired) electrons. The summed E-state index contributed by atoms with van der Waals surface area (Å²) < 4.78 is 0. The van der Waals surface area contributed by atoms with Crippen LogP contribution in [-0.4, -0.2) is 24.0 Å². The Labute approximate surface area is 137 Å². The van der Waals surface area contributed by atoms with Gasteiger partial charge in [0.15, 0.2) is 0 Å². The Morgan fingerprint density at radius 3 is 2.70 bits per heavy atom. The summed E-state index contributed by atoms with van der Waals surface area (Å²) in [5.74, 6) is 0.713. The molecule has 4 heteroatoms. The van der Waals surface area contributed by atoms with Crippen molar-refractivity contribution in [3.05, 3.63) is 59.9 Å². The van der Waals surface area contributed by atoms with Crippen LogP contribution < -0.4 is 10.2 Å². The lowest BCUT2D eigenvalue weighted by Crippen LogP contribution is -2.33. The van der Waals surface area contributed by atoms with Gasteiger partial charge in [0, 0.05) is 25.8 Å². The second-order valence-electron chi connectivity index (χ2n) is 6.27. The number of aromatic nitrogens is 1. The molecule has 2 heterocycles. The number of pyridine rings is 1. The Bertz CT molecular complexity index is 649. The molecule has 2 aromatic rings. The third-order valence-corrected chi connectivity index (χ3v) is 4.43. The standard InChI is InChI=1S/C19H23N3O/c1-15-7-9-22(10-8-15)18-11-17(13-20-14-18)19(23)21-12-16-5-3-2-4-6-16/h2-6,11,13-15H,7-10,12H2,1H3,(H,21,23). The highest BCUT2D eigenvalue weighted by Crippen LogP contribution is 2.22. The number of hydrogen-bond acceptors (Lipinski definition) is 3. The first-order chi connectivity index (χ1) is 11.2. The van der Waals surface area contributed by atoms with Gasteiger partial charge in [0.05, 0.1) is 17.4 Å². The van der Waals surface area contributed by atoms with Crippen molar-refractivity contribution < 1.29 is 4.79 Å². The van der Waals surface area contributed by atoms with Crippen molar-refractivity contribution >= 4 is 11.6 Å². The summed E-state index contributed by atoms with van der Waals surface area (Å²) in [5, 5.41) is 2.95. The smallest absolute Gasteiger partial charge is 0.253 e. The van der Waals surface area contributed by atoms with E-state index in [0.717, 1.165) is 30.3 Å². The van der Waals surface area contributed by atoms with Crippen LogP contribution in [0.3, 0.4) is 0 Å². The first-order valence-corrected chi connectivity index (χ1v) is 8.24. The minimum Gasteiger partial charge on any atom is -0.370 e. The molecule has 120 valence electrons. The summed E-state index contributed by atoms with van der Waals surface area (Å²) in [7, 11) is 0. The zero-order chi connectivity index (χ0) is 16.1. The summed E-state index contributed by atoms with van der Waals surface area (Å²) in [5.41, 5.74) is 2.76. The van der Waals surface area contributed by atoms with Gasteiger partial charge in [-0.3, -0.25) is 9.78 Å². The molecule has 1 aromatic carbocycles. The van der Waals surface area contributed by atoms with Crippen LogP contribution >= 0.6 is 0 Å². The van der Waals surface area contributed by atoms with E-state index in [1.54, 1.807) is 6.20 Å². The van der Waals surface area contributed by atoms with Crippen LogP contribution in [0.15, 0.2) is 48.8 Å². The summed E-state index contributed by atoms with van der Waals surface area (Å²) in [6, 6.07) is 11.9. The number of hydrogen-bond donors (Lipinski definition) is 1. The molecule has 1 fully saturated rings. The van der Waals surface area contributed by atoms with Crippen molar-refractivity contribution in [3.63, 3.8) is 0 Å². The molecular formula is C19H23N3O. The molecule has 0 saturated carbocycles. The topological polar surface area (TPSA) is 45.2 Å². The largest absolute Gasteiger partial charge is 0.370 e. The molecule has 0 bridgehead atoms. The van der Waals surface area contributed by atoms with E-state index < -0.39 is 0 Å². The second kappa shape index (κ2) is 7.27. The summed E-state index contributed by atoms with van der Waals surface area (Å²) in [6.07, 6.45) is 5.88. The first kappa shape index (κ1) is 15.5. The van der Waals surface area contributed by atoms with Crippen molar-refractivity contribution in [2.45, 2.75) is 26.3 Å². The minimum atomic E-state index is -0.0754. The molecule has 1 aliphatic heterocycles. The van der Waals surface area contributed by atoms with Gasteiger partial charge in [-0.05, 0) is 30.4 Å². The van der Waals surface area contributed by atoms with Crippen LogP contribution in [0.4, 0.5) is 5.69 Å². The molecule has 3 rings (SSSR count). The van der Waals surface area contributed by atoms with E-state index >= 15 is 0 Å².